The van der Waals surface area contributed by atoms with Crippen LogP contribution in [0.5, 0.6) is 0 Å². The van der Waals surface area contributed by atoms with E-state index in [1.165, 1.54) is 12.8 Å². The minimum Gasteiger partial charge on any atom is -0.396 e. The molecule has 0 aromatic heterocycles. The smallest absolute Gasteiger partial charge is 0.126 e. The lowest BCUT2D eigenvalue weighted by Crippen LogP contribution is -2.41. The van der Waals surface area contributed by atoms with Crippen molar-refractivity contribution in [3.8, 4) is 0 Å². The number of halogens is 1. The van der Waals surface area contributed by atoms with Crippen molar-refractivity contribution in [2.24, 2.45) is 5.73 Å². The van der Waals surface area contributed by atoms with Crippen LogP contribution in [0.4, 0.5) is 4.39 Å². The van der Waals surface area contributed by atoms with E-state index < -0.39 is 0 Å². The summed E-state index contributed by atoms with van der Waals surface area (Å²) in [5, 5.41) is 9.16. The normalized spacial score (nSPS) is 21.4. The number of benzene rings is 1. The van der Waals surface area contributed by atoms with Crippen molar-refractivity contribution in [1.29, 1.82) is 0 Å². The summed E-state index contributed by atoms with van der Waals surface area (Å²) in [5.41, 5.74) is 7.73. The standard InChI is InChI=1S/C17H27FN2O/c1-13-5-6-14(12-16(13)18)17(19)7-10-20-9-3-2-4-15(20)8-11-21/h5-6,12,15,17,21H,2-4,7-11,19H2,1H3. The van der Waals surface area contributed by atoms with Crippen LogP contribution in [0.15, 0.2) is 18.2 Å². The van der Waals surface area contributed by atoms with Crippen molar-refractivity contribution in [2.45, 2.75) is 51.1 Å². The summed E-state index contributed by atoms with van der Waals surface area (Å²) in [6, 6.07) is 5.62. The number of piperidine rings is 1. The fourth-order valence-corrected chi connectivity index (χ4v) is 3.14. The number of aliphatic hydroxyl groups is 1. The van der Waals surface area contributed by atoms with Gasteiger partial charge in [0.05, 0.1) is 0 Å². The average molecular weight is 294 g/mol. The van der Waals surface area contributed by atoms with Gasteiger partial charge in [-0.25, -0.2) is 4.39 Å². The van der Waals surface area contributed by atoms with Gasteiger partial charge in [-0.1, -0.05) is 18.6 Å². The summed E-state index contributed by atoms with van der Waals surface area (Å²) in [6.07, 6.45) is 5.29. The summed E-state index contributed by atoms with van der Waals surface area (Å²) >= 11 is 0. The van der Waals surface area contributed by atoms with E-state index in [4.69, 9.17) is 10.8 Å². The summed E-state index contributed by atoms with van der Waals surface area (Å²) in [6.45, 7) is 4.01. The van der Waals surface area contributed by atoms with Crippen molar-refractivity contribution in [2.75, 3.05) is 19.7 Å². The molecule has 1 aliphatic heterocycles. The van der Waals surface area contributed by atoms with E-state index in [0.717, 1.165) is 37.9 Å². The molecular formula is C17H27FN2O. The fourth-order valence-electron chi connectivity index (χ4n) is 3.14. The van der Waals surface area contributed by atoms with E-state index in [-0.39, 0.29) is 18.5 Å². The maximum Gasteiger partial charge on any atom is 0.126 e. The van der Waals surface area contributed by atoms with E-state index in [2.05, 4.69) is 4.90 Å². The van der Waals surface area contributed by atoms with Crippen molar-refractivity contribution in [3.05, 3.63) is 35.1 Å². The molecule has 1 aromatic rings. The number of nitrogens with two attached hydrogens (primary N) is 1. The van der Waals surface area contributed by atoms with Gasteiger partial charge < -0.3 is 15.7 Å². The lowest BCUT2D eigenvalue weighted by atomic mass is 9.97. The topological polar surface area (TPSA) is 49.5 Å². The Morgan fingerprint density at radius 3 is 2.95 bits per heavy atom. The van der Waals surface area contributed by atoms with Crippen molar-refractivity contribution < 1.29 is 9.50 Å². The van der Waals surface area contributed by atoms with Gasteiger partial charge in [0, 0.05) is 25.2 Å². The third kappa shape index (κ3) is 4.50. The maximum atomic E-state index is 13.6. The van der Waals surface area contributed by atoms with Gasteiger partial charge in [0.2, 0.25) is 0 Å². The molecule has 1 aromatic carbocycles. The van der Waals surface area contributed by atoms with Gasteiger partial charge in [0.15, 0.2) is 0 Å². The van der Waals surface area contributed by atoms with Crippen LogP contribution in [-0.4, -0.2) is 35.7 Å². The number of rotatable bonds is 6. The number of likely N-dealkylation sites (tertiary alicyclic amines) is 1. The lowest BCUT2D eigenvalue weighted by Gasteiger charge is -2.36. The molecule has 21 heavy (non-hydrogen) atoms. The predicted octanol–water partition coefficient (Wildman–Crippen LogP) is 2.76. The van der Waals surface area contributed by atoms with E-state index in [1.807, 2.05) is 6.07 Å². The second kappa shape index (κ2) is 7.87. The largest absolute Gasteiger partial charge is 0.396 e. The quantitative estimate of drug-likeness (QED) is 0.848. The van der Waals surface area contributed by atoms with Crippen LogP contribution in [0.1, 0.15) is 49.3 Å². The highest BCUT2D eigenvalue weighted by molar-refractivity contribution is 5.25. The van der Waals surface area contributed by atoms with Crippen LogP contribution in [-0.2, 0) is 0 Å². The first kappa shape index (κ1) is 16.4. The first-order valence-electron chi connectivity index (χ1n) is 7.98. The highest BCUT2D eigenvalue weighted by Crippen LogP contribution is 2.22. The molecule has 0 saturated carbocycles. The fraction of sp³-hybridized carbons (Fsp3) is 0.647. The molecule has 0 aliphatic carbocycles. The van der Waals surface area contributed by atoms with Gasteiger partial charge in [0.25, 0.3) is 0 Å². The Hall–Kier alpha value is -0.970. The zero-order valence-corrected chi connectivity index (χ0v) is 12.9. The molecular weight excluding hydrogens is 267 g/mol. The zero-order valence-electron chi connectivity index (χ0n) is 12.9. The van der Waals surface area contributed by atoms with Crippen molar-refractivity contribution in [3.63, 3.8) is 0 Å². The van der Waals surface area contributed by atoms with Crippen LogP contribution in [0.25, 0.3) is 0 Å². The molecule has 2 rings (SSSR count). The number of aliphatic hydroxyl groups excluding tert-OH is 1. The second-order valence-electron chi connectivity index (χ2n) is 6.10. The molecule has 2 atom stereocenters. The highest BCUT2D eigenvalue weighted by Gasteiger charge is 2.22. The van der Waals surface area contributed by atoms with Gasteiger partial charge in [-0.3, -0.25) is 0 Å². The Morgan fingerprint density at radius 1 is 1.43 bits per heavy atom. The number of nitrogens with zero attached hydrogens (tertiary/aromatic N) is 1. The molecule has 0 spiro atoms. The van der Waals surface area contributed by atoms with Gasteiger partial charge in [-0.15, -0.1) is 0 Å². The summed E-state index contributed by atoms with van der Waals surface area (Å²) in [7, 11) is 0. The maximum absolute atomic E-state index is 13.6. The van der Waals surface area contributed by atoms with Crippen LogP contribution >= 0.6 is 0 Å². The average Bonchev–Trinajstić information content (AvgIpc) is 2.49. The SMILES string of the molecule is Cc1ccc(C(N)CCN2CCCCC2CCO)cc1F. The van der Waals surface area contributed by atoms with E-state index in [0.29, 0.717) is 11.6 Å². The Kier molecular flexibility index (Phi) is 6.15. The third-order valence-electron chi connectivity index (χ3n) is 4.56. The van der Waals surface area contributed by atoms with Gasteiger partial charge in [0.1, 0.15) is 5.82 Å². The lowest BCUT2D eigenvalue weighted by molar-refractivity contribution is 0.116. The van der Waals surface area contributed by atoms with Crippen LogP contribution in [0, 0.1) is 12.7 Å². The molecule has 0 radical (unpaired) electrons. The molecule has 1 aliphatic rings. The molecule has 118 valence electrons. The van der Waals surface area contributed by atoms with Gasteiger partial charge in [-0.2, -0.15) is 0 Å². The molecule has 1 heterocycles. The van der Waals surface area contributed by atoms with E-state index in [9.17, 15) is 4.39 Å². The molecule has 3 N–H and O–H groups in total. The van der Waals surface area contributed by atoms with Crippen LogP contribution in [0.2, 0.25) is 0 Å². The van der Waals surface area contributed by atoms with Crippen molar-refractivity contribution in [1.82, 2.24) is 4.90 Å². The van der Waals surface area contributed by atoms with Crippen molar-refractivity contribution >= 4 is 0 Å². The number of hydrogen-bond acceptors (Lipinski definition) is 3. The molecule has 0 amide bonds. The third-order valence-corrected chi connectivity index (χ3v) is 4.56. The molecule has 2 unspecified atom stereocenters. The zero-order chi connectivity index (χ0) is 15.2. The first-order chi connectivity index (χ1) is 10.1. The Bertz CT molecular complexity index is 450. The van der Waals surface area contributed by atoms with Crippen LogP contribution in [0.3, 0.4) is 0 Å². The summed E-state index contributed by atoms with van der Waals surface area (Å²) in [5.74, 6) is -0.181. The van der Waals surface area contributed by atoms with Gasteiger partial charge >= 0.3 is 0 Å². The minimum atomic E-state index is -0.181. The molecule has 0 bridgehead atoms. The monoisotopic (exact) mass is 294 g/mol. The Labute approximate surface area is 126 Å². The Balaban J connectivity index is 1.89. The molecule has 3 nitrogen and oxygen atoms in total. The summed E-state index contributed by atoms with van der Waals surface area (Å²) < 4.78 is 13.6. The van der Waals surface area contributed by atoms with E-state index >= 15 is 0 Å². The van der Waals surface area contributed by atoms with Crippen LogP contribution < -0.4 is 5.73 Å². The number of aryl methyl sites for hydroxylation is 1. The first-order valence-corrected chi connectivity index (χ1v) is 7.98. The van der Waals surface area contributed by atoms with Gasteiger partial charge in [-0.05, 0) is 56.3 Å². The molecule has 1 saturated heterocycles. The van der Waals surface area contributed by atoms with E-state index in [1.54, 1.807) is 19.1 Å². The second-order valence-corrected chi connectivity index (χ2v) is 6.10. The Morgan fingerprint density at radius 2 is 2.24 bits per heavy atom. The summed E-state index contributed by atoms with van der Waals surface area (Å²) in [4.78, 5) is 2.43. The number of hydrogen-bond donors (Lipinski definition) is 2. The minimum absolute atomic E-state index is 0.128. The molecule has 4 heteroatoms. The highest BCUT2D eigenvalue weighted by atomic mass is 19.1. The molecule has 1 fully saturated rings. The predicted molar refractivity (Wildman–Crippen MR) is 83.6 cm³/mol.